The summed E-state index contributed by atoms with van der Waals surface area (Å²) in [6, 6.07) is 8.59. The first-order chi connectivity index (χ1) is 11.0. The maximum absolute atomic E-state index is 13.0. The minimum absolute atomic E-state index is 0.147. The summed E-state index contributed by atoms with van der Waals surface area (Å²) in [7, 11) is 0. The number of carbonyl (C=O) groups excluding carboxylic acids is 1. The minimum Gasteiger partial charge on any atom is -0.454 e. The van der Waals surface area contributed by atoms with Crippen LogP contribution in [0, 0.1) is 5.82 Å². The van der Waals surface area contributed by atoms with Gasteiger partial charge in [-0.3, -0.25) is 4.79 Å². The Morgan fingerprint density at radius 1 is 1.22 bits per heavy atom. The highest BCUT2D eigenvalue weighted by molar-refractivity contribution is 6.33. The second-order valence-corrected chi connectivity index (χ2v) is 5.45. The van der Waals surface area contributed by atoms with Gasteiger partial charge in [-0.05, 0) is 37.3 Å². The van der Waals surface area contributed by atoms with Crippen molar-refractivity contribution in [3.63, 3.8) is 0 Å². The van der Waals surface area contributed by atoms with Crippen molar-refractivity contribution in [2.45, 2.75) is 13.0 Å². The van der Waals surface area contributed by atoms with Crippen LogP contribution >= 0.6 is 11.6 Å². The van der Waals surface area contributed by atoms with Crippen LogP contribution in [0.4, 0.5) is 15.8 Å². The Bertz CT molecular complexity index is 754. The van der Waals surface area contributed by atoms with Gasteiger partial charge in [-0.15, -0.1) is 0 Å². The van der Waals surface area contributed by atoms with Gasteiger partial charge in [-0.25, -0.2) is 4.39 Å². The number of rotatable bonds is 4. The Balaban J connectivity index is 1.65. The lowest BCUT2D eigenvalue weighted by Gasteiger charge is -2.16. The number of ether oxygens (including phenoxy) is 2. The number of hydrogen-bond acceptors (Lipinski definition) is 4. The van der Waals surface area contributed by atoms with Crippen LogP contribution in [0.3, 0.4) is 0 Å². The lowest BCUT2D eigenvalue weighted by Crippen LogP contribution is -2.31. The van der Waals surface area contributed by atoms with Gasteiger partial charge in [-0.1, -0.05) is 11.6 Å². The third-order valence-corrected chi connectivity index (χ3v) is 3.65. The number of hydrogen-bond donors (Lipinski definition) is 2. The number of halogens is 2. The van der Waals surface area contributed by atoms with Crippen LogP contribution in [-0.4, -0.2) is 18.7 Å². The molecule has 0 saturated heterocycles. The molecule has 0 aliphatic carbocycles. The first-order valence-electron chi connectivity index (χ1n) is 6.95. The predicted molar refractivity (Wildman–Crippen MR) is 85.7 cm³/mol. The summed E-state index contributed by atoms with van der Waals surface area (Å²) >= 11 is 5.90. The monoisotopic (exact) mass is 336 g/mol. The molecular formula is C16H14ClFN2O3. The van der Waals surface area contributed by atoms with Gasteiger partial charge in [-0.2, -0.15) is 0 Å². The summed E-state index contributed by atoms with van der Waals surface area (Å²) in [6.45, 7) is 1.90. The molecule has 1 aliphatic rings. The maximum Gasteiger partial charge on any atom is 0.246 e. The molecule has 2 aromatic rings. The lowest BCUT2D eigenvalue weighted by atomic mass is 10.2. The molecule has 0 unspecified atom stereocenters. The Kier molecular flexibility index (Phi) is 4.25. The summed E-state index contributed by atoms with van der Waals surface area (Å²) in [5.74, 6) is 0.547. The number of fused-ring (bicyclic) bond motifs is 1. The molecule has 1 atom stereocenters. The van der Waals surface area contributed by atoms with Gasteiger partial charge in [0.05, 0.1) is 10.7 Å². The molecule has 7 heteroatoms. The molecule has 1 heterocycles. The van der Waals surface area contributed by atoms with Crippen LogP contribution in [0.1, 0.15) is 6.92 Å². The van der Waals surface area contributed by atoms with E-state index < -0.39 is 11.9 Å². The summed E-state index contributed by atoms with van der Waals surface area (Å²) in [6.07, 6.45) is 0. The van der Waals surface area contributed by atoms with Crippen molar-refractivity contribution in [3.05, 3.63) is 47.2 Å². The summed E-state index contributed by atoms with van der Waals surface area (Å²) in [4.78, 5) is 12.2. The number of anilines is 2. The zero-order valence-electron chi connectivity index (χ0n) is 12.2. The molecule has 0 spiro atoms. The first kappa shape index (κ1) is 15.4. The molecule has 2 aromatic carbocycles. The van der Waals surface area contributed by atoms with Crippen LogP contribution in [0.2, 0.25) is 5.02 Å². The molecule has 0 saturated carbocycles. The third kappa shape index (κ3) is 3.48. The molecule has 0 aromatic heterocycles. The highest BCUT2D eigenvalue weighted by Crippen LogP contribution is 2.34. The largest absolute Gasteiger partial charge is 0.454 e. The summed E-state index contributed by atoms with van der Waals surface area (Å²) < 4.78 is 23.5. The van der Waals surface area contributed by atoms with Crippen LogP contribution in [0.25, 0.3) is 0 Å². The van der Waals surface area contributed by atoms with Gasteiger partial charge in [0.2, 0.25) is 12.7 Å². The molecule has 2 N–H and O–H groups in total. The fourth-order valence-electron chi connectivity index (χ4n) is 2.13. The average Bonchev–Trinajstić information content (AvgIpc) is 2.97. The van der Waals surface area contributed by atoms with Gasteiger partial charge < -0.3 is 20.1 Å². The van der Waals surface area contributed by atoms with E-state index in [1.54, 1.807) is 25.1 Å². The fourth-order valence-corrected chi connectivity index (χ4v) is 2.35. The molecule has 5 nitrogen and oxygen atoms in total. The summed E-state index contributed by atoms with van der Waals surface area (Å²) in [5.41, 5.74) is 1.08. The van der Waals surface area contributed by atoms with Crippen molar-refractivity contribution in [1.29, 1.82) is 0 Å². The van der Waals surface area contributed by atoms with Gasteiger partial charge >= 0.3 is 0 Å². The normalized spacial score (nSPS) is 13.5. The number of amides is 1. The van der Waals surface area contributed by atoms with E-state index in [1.165, 1.54) is 12.1 Å². The van der Waals surface area contributed by atoms with Crippen molar-refractivity contribution in [2.24, 2.45) is 0 Å². The van der Waals surface area contributed by atoms with Crippen LogP contribution < -0.4 is 20.1 Å². The summed E-state index contributed by atoms with van der Waals surface area (Å²) in [5, 5.41) is 5.86. The van der Waals surface area contributed by atoms with E-state index in [4.69, 9.17) is 21.1 Å². The van der Waals surface area contributed by atoms with E-state index >= 15 is 0 Å². The van der Waals surface area contributed by atoms with Gasteiger partial charge in [0, 0.05) is 11.8 Å². The zero-order valence-corrected chi connectivity index (χ0v) is 13.0. The van der Waals surface area contributed by atoms with Crippen molar-refractivity contribution >= 4 is 28.9 Å². The molecular weight excluding hydrogens is 323 g/mol. The SMILES string of the molecule is C[C@H](Nc1ccc2c(c1)OCO2)C(=O)Nc1ccc(F)cc1Cl. The van der Waals surface area contributed by atoms with Gasteiger partial charge in [0.25, 0.3) is 0 Å². The average molecular weight is 337 g/mol. The van der Waals surface area contributed by atoms with Crippen molar-refractivity contribution in [3.8, 4) is 11.5 Å². The Morgan fingerprint density at radius 3 is 2.78 bits per heavy atom. The Labute approximate surface area is 137 Å². The van der Waals surface area contributed by atoms with Crippen molar-refractivity contribution < 1.29 is 18.7 Å². The van der Waals surface area contributed by atoms with Gasteiger partial charge in [0.1, 0.15) is 11.9 Å². The smallest absolute Gasteiger partial charge is 0.246 e. The minimum atomic E-state index is -0.531. The number of carbonyl (C=O) groups is 1. The zero-order chi connectivity index (χ0) is 16.4. The van der Waals surface area contributed by atoms with E-state index in [2.05, 4.69) is 10.6 Å². The molecule has 0 bridgehead atoms. The molecule has 120 valence electrons. The third-order valence-electron chi connectivity index (χ3n) is 3.34. The predicted octanol–water partition coefficient (Wildman–Crippen LogP) is 3.65. The van der Waals surface area contributed by atoms with E-state index in [0.717, 1.165) is 11.8 Å². The van der Waals surface area contributed by atoms with Crippen LogP contribution in [0.15, 0.2) is 36.4 Å². The van der Waals surface area contributed by atoms with Gasteiger partial charge in [0.15, 0.2) is 11.5 Å². The number of benzene rings is 2. The molecule has 0 radical (unpaired) electrons. The second-order valence-electron chi connectivity index (χ2n) is 5.05. The lowest BCUT2D eigenvalue weighted by molar-refractivity contribution is -0.116. The quantitative estimate of drug-likeness (QED) is 0.894. The highest BCUT2D eigenvalue weighted by Gasteiger charge is 2.17. The first-order valence-corrected chi connectivity index (χ1v) is 7.33. The van der Waals surface area contributed by atoms with E-state index in [1.807, 2.05) is 0 Å². The van der Waals surface area contributed by atoms with E-state index in [0.29, 0.717) is 17.2 Å². The standard InChI is InChI=1S/C16H14ClFN2O3/c1-9(16(21)20-13-4-2-10(18)6-12(13)17)19-11-3-5-14-15(7-11)23-8-22-14/h2-7,9,19H,8H2,1H3,(H,20,21)/t9-/m0/s1. The van der Waals surface area contributed by atoms with E-state index in [9.17, 15) is 9.18 Å². The van der Waals surface area contributed by atoms with Crippen molar-refractivity contribution in [2.75, 3.05) is 17.4 Å². The topological polar surface area (TPSA) is 59.6 Å². The second kappa shape index (κ2) is 6.34. The highest BCUT2D eigenvalue weighted by atomic mass is 35.5. The molecule has 1 aliphatic heterocycles. The van der Waals surface area contributed by atoms with Crippen LogP contribution in [-0.2, 0) is 4.79 Å². The molecule has 1 amide bonds. The molecule has 3 rings (SSSR count). The number of nitrogens with one attached hydrogen (secondary N) is 2. The van der Waals surface area contributed by atoms with Crippen molar-refractivity contribution in [1.82, 2.24) is 0 Å². The molecule has 0 fully saturated rings. The molecule has 23 heavy (non-hydrogen) atoms. The maximum atomic E-state index is 13.0. The Hall–Kier alpha value is -2.47. The van der Waals surface area contributed by atoms with E-state index in [-0.39, 0.29) is 17.7 Å². The fraction of sp³-hybridized carbons (Fsp3) is 0.188. The Morgan fingerprint density at radius 2 is 2.00 bits per heavy atom. The van der Waals surface area contributed by atoms with Crippen LogP contribution in [0.5, 0.6) is 11.5 Å².